The average Bonchev–Trinajstić information content (AvgIpc) is 3.27. The summed E-state index contributed by atoms with van der Waals surface area (Å²) in [5.41, 5.74) is -0.834. The molecule has 0 aromatic heterocycles. The summed E-state index contributed by atoms with van der Waals surface area (Å²) < 4.78 is 27.7. The summed E-state index contributed by atoms with van der Waals surface area (Å²) in [5.74, 6) is -16.5. The van der Waals surface area contributed by atoms with Crippen molar-refractivity contribution in [3.8, 4) is 34.5 Å². The van der Waals surface area contributed by atoms with E-state index in [-0.39, 0.29) is 22.3 Å². The number of aliphatic hydroxyl groups is 5. The van der Waals surface area contributed by atoms with Gasteiger partial charge in [-0.05, 0) is 70.8 Å². The minimum atomic E-state index is -2.13. The highest BCUT2D eigenvalue weighted by atomic mass is 16.6. The van der Waals surface area contributed by atoms with Crippen molar-refractivity contribution in [3.05, 3.63) is 94.3 Å². The first kappa shape index (κ1) is 48.1. The van der Waals surface area contributed by atoms with Crippen LogP contribution in [0.3, 0.4) is 0 Å². The maximum atomic E-state index is 15.0. The molecule has 0 bridgehead atoms. The van der Waals surface area contributed by atoms with Crippen LogP contribution in [0, 0.1) is 5.92 Å². The molecule has 23 heteroatoms. The van der Waals surface area contributed by atoms with Crippen LogP contribution in [0.4, 0.5) is 0 Å². The number of phenolic OH excluding ortho intramolecular Hbond substituents is 6. The minimum absolute atomic E-state index is 0.0662. The summed E-state index contributed by atoms with van der Waals surface area (Å²) in [4.78, 5) is 66.6. The zero-order valence-electron chi connectivity index (χ0n) is 33.8. The fourth-order valence-corrected chi connectivity index (χ4v) is 7.52. The van der Waals surface area contributed by atoms with Crippen LogP contribution in [-0.4, -0.2) is 164 Å². The number of carbonyl (C=O) groups is 5. The smallest absolute Gasteiger partial charge is 0.370 e. The Labute approximate surface area is 370 Å². The van der Waals surface area contributed by atoms with Gasteiger partial charge in [-0.15, -0.1) is 0 Å². The Morgan fingerprint density at radius 2 is 1.44 bits per heavy atom. The zero-order valence-corrected chi connectivity index (χ0v) is 33.8. The second-order valence-electron chi connectivity index (χ2n) is 15.2. The van der Waals surface area contributed by atoms with Crippen molar-refractivity contribution < 1.29 is 114 Å². The Morgan fingerprint density at radius 3 is 2.08 bits per heavy atom. The maximum Gasteiger partial charge on any atom is 0.370 e. The molecule has 66 heavy (non-hydrogen) atoms. The zero-order chi connectivity index (χ0) is 48.3. The largest absolute Gasteiger partial charge is 0.504 e. The molecule has 13 N–H and O–H groups in total. The molecule has 2 heterocycles. The molecule has 0 unspecified atom stereocenters. The highest BCUT2D eigenvalue weighted by molar-refractivity contribution is 6.02. The molecule has 3 aromatic rings. The Morgan fingerprint density at radius 1 is 0.788 bits per heavy atom. The number of esters is 3. The number of phenols is 6. The second-order valence-corrected chi connectivity index (χ2v) is 15.2. The standard InChI is InChI=1S/C43H42O23/c44-14-28(52)37-39(65-33(54)6-2-16-1-4-21(45)23(47)7-16)31(13-32(63-37)41(58)59)64-43(61)35-20(42(60)66-38-30(12-27(51)40(56)57)62-15-29(53)36(38)55)8-18-10-25(49)26(50)11-19(18)34(35)17-3-5-22(46)24(48)9-17/h1-11,13,27-31,34-39,44-53,55H,12,14-15H2,(H,56,57)(H,58,59)/b6-2+/t27-,28+,29+,30+,31-,34-,35-,36+,37-,38+,39-/m1/s1. The second kappa shape index (κ2) is 19.8. The van der Waals surface area contributed by atoms with Gasteiger partial charge in [0, 0.05) is 24.5 Å². The van der Waals surface area contributed by atoms with Crippen LogP contribution in [0.5, 0.6) is 34.5 Å². The van der Waals surface area contributed by atoms with Gasteiger partial charge in [0.15, 0.2) is 65.0 Å². The van der Waals surface area contributed by atoms with Gasteiger partial charge in [-0.1, -0.05) is 12.1 Å². The van der Waals surface area contributed by atoms with E-state index in [1.165, 1.54) is 12.1 Å². The third-order valence-electron chi connectivity index (χ3n) is 10.8. The molecule has 352 valence electrons. The van der Waals surface area contributed by atoms with E-state index in [0.717, 1.165) is 54.6 Å². The number of hydrogen-bond donors (Lipinski definition) is 13. The van der Waals surface area contributed by atoms with Crippen molar-refractivity contribution in [2.75, 3.05) is 13.2 Å². The first-order chi connectivity index (χ1) is 31.2. The molecule has 0 saturated carbocycles. The lowest BCUT2D eigenvalue weighted by Gasteiger charge is -2.40. The van der Waals surface area contributed by atoms with Gasteiger partial charge < -0.3 is 90.1 Å². The van der Waals surface area contributed by atoms with E-state index in [1.54, 1.807) is 0 Å². The number of fused-ring (bicyclic) bond motifs is 1. The maximum absolute atomic E-state index is 15.0. The van der Waals surface area contributed by atoms with E-state index in [0.29, 0.717) is 6.08 Å². The fraction of sp³-hybridized carbons (Fsp3) is 0.326. The van der Waals surface area contributed by atoms with Gasteiger partial charge in [0.05, 0.1) is 24.7 Å². The number of carboxylic acid groups (broad SMARTS) is 2. The molecule has 0 spiro atoms. The predicted octanol–water partition coefficient (Wildman–Crippen LogP) is -0.809. The predicted molar refractivity (Wildman–Crippen MR) is 215 cm³/mol. The van der Waals surface area contributed by atoms with Gasteiger partial charge in [0.2, 0.25) is 5.76 Å². The van der Waals surface area contributed by atoms with Crippen molar-refractivity contribution in [2.45, 2.75) is 67.3 Å². The number of carboxylic acids is 2. The summed E-state index contributed by atoms with van der Waals surface area (Å²) in [6.07, 6.45) is -14.8. The Bertz CT molecular complexity index is 2480. The molecule has 1 fully saturated rings. The van der Waals surface area contributed by atoms with E-state index in [1.807, 2.05) is 0 Å². The lowest BCUT2D eigenvalue weighted by molar-refractivity contribution is -0.211. The molecule has 23 nitrogen and oxygen atoms in total. The van der Waals surface area contributed by atoms with Gasteiger partial charge in [-0.25, -0.2) is 19.2 Å². The molecule has 6 rings (SSSR count). The SMILES string of the molecule is O=C(/C=C/c1ccc(O)c(O)c1)O[C@H]1[C@@H]([C@@H](O)CO)OC(C(=O)O)=C[C@H]1OC(=O)[C@@H]1C(C(=O)O[C@@H]2[C@@H](O)[C@@H](O)CO[C@H]2C[C@@H](O)C(=O)O)=Cc2cc(O)c(O)cc2[C@H]1c1ccc(O)c(O)c1. The lowest BCUT2D eigenvalue weighted by atomic mass is 9.71. The van der Waals surface area contributed by atoms with Crippen molar-refractivity contribution in [1.29, 1.82) is 0 Å². The minimum Gasteiger partial charge on any atom is -0.504 e. The Hall–Kier alpha value is -7.41. The average molecular weight is 927 g/mol. The molecule has 0 amide bonds. The van der Waals surface area contributed by atoms with Crippen molar-refractivity contribution in [2.24, 2.45) is 5.92 Å². The van der Waals surface area contributed by atoms with Gasteiger partial charge in [0.1, 0.15) is 24.4 Å². The summed E-state index contributed by atoms with van der Waals surface area (Å²) in [7, 11) is 0. The highest BCUT2D eigenvalue weighted by Crippen LogP contribution is 2.48. The van der Waals surface area contributed by atoms with Crippen LogP contribution in [0.25, 0.3) is 12.2 Å². The number of aliphatic carboxylic acids is 2. The van der Waals surface area contributed by atoms with E-state index >= 15 is 0 Å². The van der Waals surface area contributed by atoms with Crippen molar-refractivity contribution >= 4 is 42.0 Å². The van der Waals surface area contributed by atoms with E-state index in [2.05, 4.69) is 0 Å². The first-order valence-electron chi connectivity index (χ1n) is 19.6. The molecule has 0 radical (unpaired) electrons. The third kappa shape index (κ3) is 10.3. The van der Waals surface area contributed by atoms with Gasteiger partial charge >= 0.3 is 29.8 Å². The quantitative estimate of drug-likeness (QED) is 0.0407. The number of carbonyl (C=O) groups excluding carboxylic acids is 3. The fourth-order valence-electron chi connectivity index (χ4n) is 7.52. The molecular weight excluding hydrogens is 884 g/mol. The molecule has 3 aliphatic rings. The number of rotatable bonds is 14. The van der Waals surface area contributed by atoms with Crippen LogP contribution in [0.1, 0.15) is 34.6 Å². The lowest BCUT2D eigenvalue weighted by Crippen LogP contribution is -2.56. The summed E-state index contributed by atoms with van der Waals surface area (Å²) in [6.45, 7) is -1.73. The summed E-state index contributed by atoms with van der Waals surface area (Å²) >= 11 is 0. The number of hydrogen-bond acceptors (Lipinski definition) is 21. The summed E-state index contributed by atoms with van der Waals surface area (Å²) in [6, 6.07) is 8.53. The molecule has 3 aromatic carbocycles. The molecule has 11 atom stereocenters. The number of aliphatic hydroxyl groups excluding tert-OH is 5. The number of aromatic hydroxyl groups is 6. The van der Waals surface area contributed by atoms with Crippen LogP contribution < -0.4 is 0 Å². The normalized spacial score (nSPS) is 25.8. The van der Waals surface area contributed by atoms with E-state index in [9.17, 15) is 90.4 Å². The third-order valence-corrected chi connectivity index (χ3v) is 10.8. The van der Waals surface area contributed by atoms with Crippen molar-refractivity contribution in [1.82, 2.24) is 0 Å². The summed E-state index contributed by atoms with van der Waals surface area (Å²) in [5, 5.41) is 133. The van der Waals surface area contributed by atoms with Crippen LogP contribution in [-0.2, 0) is 47.7 Å². The molecule has 2 aliphatic heterocycles. The number of benzene rings is 3. The molecular formula is C43H42O23. The Kier molecular flexibility index (Phi) is 14.4. The van der Waals surface area contributed by atoms with E-state index in [4.69, 9.17) is 23.7 Å². The first-order valence-corrected chi connectivity index (χ1v) is 19.6. The molecule has 1 saturated heterocycles. The van der Waals surface area contributed by atoms with Crippen LogP contribution >= 0.6 is 0 Å². The van der Waals surface area contributed by atoms with Gasteiger partial charge in [0.25, 0.3) is 0 Å². The monoisotopic (exact) mass is 926 g/mol. The van der Waals surface area contributed by atoms with Crippen molar-refractivity contribution in [3.63, 3.8) is 0 Å². The van der Waals surface area contributed by atoms with Gasteiger partial charge in [-0.3, -0.25) is 4.79 Å². The van der Waals surface area contributed by atoms with Crippen LogP contribution in [0.15, 0.2) is 72.0 Å². The molecule has 1 aliphatic carbocycles. The number of ether oxygens (including phenoxy) is 5. The topological polar surface area (TPSA) is 394 Å². The van der Waals surface area contributed by atoms with E-state index < -0.39 is 162 Å². The van der Waals surface area contributed by atoms with Gasteiger partial charge in [-0.2, -0.15) is 0 Å². The Balaban J connectivity index is 1.47. The highest BCUT2D eigenvalue weighted by Gasteiger charge is 2.50. The van der Waals surface area contributed by atoms with Crippen LogP contribution in [0.2, 0.25) is 0 Å².